The number of benzene rings is 2. The molecule has 0 saturated carbocycles. The van der Waals surface area contributed by atoms with Gasteiger partial charge >= 0.3 is 208 Å². The van der Waals surface area contributed by atoms with E-state index in [0.29, 0.717) is 5.32 Å². The molecule has 0 aliphatic rings. The molecule has 0 amide bonds. The second kappa shape index (κ2) is 15.1. The Morgan fingerprint density at radius 3 is 2.22 bits per heavy atom. The average molecular weight is 621 g/mol. The molecule has 2 unspecified atom stereocenters. The van der Waals surface area contributed by atoms with Crippen molar-refractivity contribution in [2.24, 2.45) is 3.37 Å². The summed E-state index contributed by atoms with van der Waals surface area (Å²) in [6.45, 7) is 4.08. The summed E-state index contributed by atoms with van der Waals surface area (Å²) < 4.78 is 31.6. The summed E-state index contributed by atoms with van der Waals surface area (Å²) in [6, 6.07) is 33.5. The van der Waals surface area contributed by atoms with Gasteiger partial charge in [0.25, 0.3) is 0 Å². The predicted molar refractivity (Wildman–Crippen MR) is 153 cm³/mol. The SMILES string of the molecule is Cc1ccc(S(=O)(=O)/N=[Se](\C/C=C/c2ccccc2)c2c[cH-]c(C(C)N(C)C)c2)cc1.[Fe+2].c1cc[cH-]c1. The van der Waals surface area contributed by atoms with Gasteiger partial charge in [0.15, 0.2) is 0 Å². The standard InChI is InChI=1S/C25H29N2O2SSe.C5H5.Fe/c1-20-12-15-24(16-13-20)30(28,29)26-31(18-8-11-22-9-6-5-7-10-22)25-17-14-23(19-25)21(2)27(3)4;1-2-4-5-3-1;/h5-17,19,21H,18H2,1-4H3;1-5H;/q2*-1;+2/b11-8+;;. The number of rotatable bonds is 8. The Bertz CT molecular complexity index is 1340. The van der Waals surface area contributed by atoms with Gasteiger partial charge in [0, 0.05) is 0 Å². The number of hydrogen-bond donors (Lipinski definition) is 0. The van der Waals surface area contributed by atoms with Crippen molar-refractivity contribution < 1.29 is 25.5 Å². The number of nitrogens with zero attached hydrogens (tertiary/aromatic N) is 2. The molecule has 0 spiro atoms. The fourth-order valence-electron chi connectivity index (χ4n) is 3.35. The maximum atomic E-state index is 13.0. The Kier molecular flexibility index (Phi) is 12.6. The van der Waals surface area contributed by atoms with Crippen LogP contribution in [0.15, 0.2) is 117 Å². The van der Waals surface area contributed by atoms with Crippen molar-refractivity contribution in [3.05, 3.63) is 126 Å². The van der Waals surface area contributed by atoms with Crippen molar-refractivity contribution in [1.82, 2.24) is 4.90 Å². The van der Waals surface area contributed by atoms with E-state index in [1.807, 2.05) is 106 Å². The van der Waals surface area contributed by atoms with Crippen LogP contribution in [0.5, 0.6) is 0 Å². The fourth-order valence-corrected chi connectivity index (χ4v) is 9.28. The van der Waals surface area contributed by atoms with Gasteiger partial charge in [-0.2, -0.15) is 18.2 Å². The van der Waals surface area contributed by atoms with Gasteiger partial charge in [0.05, 0.1) is 0 Å². The van der Waals surface area contributed by atoms with Gasteiger partial charge in [0.1, 0.15) is 0 Å². The normalized spacial score (nSPS) is 13.1. The van der Waals surface area contributed by atoms with Gasteiger partial charge in [-0.05, 0) is 0 Å². The maximum absolute atomic E-state index is 13.0. The Balaban J connectivity index is 0.000000716. The first-order valence-corrected chi connectivity index (χ1v) is 16.1. The third-order valence-electron chi connectivity index (χ3n) is 5.70. The first kappa shape index (κ1) is 30.9. The summed E-state index contributed by atoms with van der Waals surface area (Å²) in [4.78, 5) is 2.40. The molecule has 0 N–H and O–H groups in total. The Hall–Kier alpha value is -2.37. The third-order valence-corrected chi connectivity index (χ3v) is 12.1. The smallest absolute Gasteiger partial charge is 0.214 e. The van der Waals surface area contributed by atoms with E-state index in [0.717, 1.165) is 15.6 Å². The molecule has 4 nitrogen and oxygen atoms in total. The van der Waals surface area contributed by atoms with E-state index in [-0.39, 0.29) is 28.0 Å². The molecule has 0 bridgehead atoms. The van der Waals surface area contributed by atoms with E-state index in [1.54, 1.807) is 12.1 Å². The number of allylic oxidation sites excluding steroid dienone is 1. The summed E-state index contributed by atoms with van der Waals surface area (Å²) in [5.41, 5.74) is 3.30. The largest absolute Gasteiger partial charge is 2.00 e. The van der Waals surface area contributed by atoms with Crippen molar-refractivity contribution in [3.8, 4) is 0 Å². The van der Waals surface area contributed by atoms with Gasteiger partial charge in [-0.3, -0.25) is 0 Å². The van der Waals surface area contributed by atoms with Crippen molar-refractivity contribution in [2.45, 2.75) is 30.1 Å². The monoisotopic (exact) mass is 622 g/mol. The predicted octanol–water partition coefficient (Wildman–Crippen LogP) is 6.31. The average Bonchev–Trinajstić information content (AvgIpc) is 3.59. The van der Waals surface area contributed by atoms with E-state index in [9.17, 15) is 8.42 Å². The molecule has 4 aromatic rings. The zero-order chi connectivity index (χ0) is 26.0. The quantitative estimate of drug-likeness (QED) is 0.171. The van der Waals surface area contributed by atoms with Crippen LogP contribution < -0.4 is 4.46 Å². The fraction of sp³-hybridized carbons (Fsp3) is 0.200. The molecule has 0 radical (unpaired) electrons. The molecule has 0 fully saturated rings. The van der Waals surface area contributed by atoms with Crippen LogP contribution in [0.25, 0.3) is 6.08 Å². The maximum Gasteiger partial charge on any atom is 2.00 e. The molecular weight excluding hydrogens is 587 g/mol. The van der Waals surface area contributed by atoms with E-state index < -0.39 is 23.7 Å². The molecule has 0 aromatic heterocycles. The van der Waals surface area contributed by atoms with E-state index >= 15 is 0 Å². The summed E-state index contributed by atoms with van der Waals surface area (Å²) in [5.74, 6) is 0. The minimum absolute atomic E-state index is 0. The van der Waals surface area contributed by atoms with Crippen LogP contribution in [0, 0.1) is 6.92 Å². The van der Waals surface area contributed by atoms with Crippen LogP contribution in [0.1, 0.15) is 29.7 Å². The first-order valence-electron chi connectivity index (χ1n) is 11.8. The molecule has 0 saturated heterocycles. The van der Waals surface area contributed by atoms with Crippen molar-refractivity contribution in [2.75, 3.05) is 14.1 Å². The summed E-state index contributed by atoms with van der Waals surface area (Å²) in [5, 5.41) is 0.625. The molecule has 2 atom stereocenters. The summed E-state index contributed by atoms with van der Waals surface area (Å²) >= 11 is -1.99. The number of sulfonamides is 1. The minimum atomic E-state index is -3.71. The number of aryl methyl sites for hydroxylation is 1. The van der Waals surface area contributed by atoms with Gasteiger partial charge in [0.2, 0.25) is 0 Å². The minimum Gasteiger partial charge on any atom is -0.214 e. The van der Waals surface area contributed by atoms with Crippen molar-refractivity contribution >= 4 is 34.3 Å². The van der Waals surface area contributed by atoms with Gasteiger partial charge < -0.3 is 0 Å². The van der Waals surface area contributed by atoms with E-state index in [2.05, 4.69) is 33.4 Å². The third kappa shape index (κ3) is 9.79. The van der Waals surface area contributed by atoms with Crippen LogP contribution in [-0.4, -0.2) is 41.1 Å². The van der Waals surface area contributed by atoms with Crippen LogP contribution in [0.2, 0.25) is 5.32 Å². The summed E-state index contributed by atoms with van der Waals surface area (Å²) in [7, 11) is 0.373. The van der Waals surface area contributed by atoms with E-state index in [1.165, 1.54) is 5.56 Å². The molecule has 0 aliphatic heterocycles. The van der Waals surface area contributed by atoms with Crippen LogP contribution in [0.4, 0.5) is 0 Å². The molecule has 7 heteroatoms. The Labute approximate surface area is 237 Å². The molecule has 0 heterocycles. The van der Waals surface area contributed by atoms with Gasteiger partial charge in [-0.15, -0.1) is 0 Å². The molecular formula is C30H34FeN2O2SSe. The second-order valence-electron chi connectivity index (χ2n) is 8.69. The van der Waals surface area contributed by atoms with Crippen LogP contribution >= 0.6 is 0 Å². The Morgan fingerprint density at radius 1 is 1.00 bits per heavy atom. The first-order chi connectivity index (χ1) is 17.3. The molecule has 4 rings (SSSR count). The molecule has 0 aliphatic carbocycles. The molecule has 196 valence electrons. The Morgan fingerprint density at radius 2 is 1.65 bits per heavy atom. The second-order valence-corrected chi connectivity index (χ2v) is 14.4. The van der Waals surface area contributed by atoms with Crippen molar-refractivity contribution in [1.29, 1.82) is 0 Å². The topological polar surface area (TPSA) is 49.7 Å². The van der Waals surface area contributed by atoms with Crippen LogP contribution in [0.3, 0.4) is 0 Å². The summed E-state index contributed by atoms with van der Waals surface area (Å²) in [6.07, 6.45) is 4.09. The molecule has 37 heavy (non-hydrogen) atoms. The molecule has 4 aromatic carbocycles. The van der Waals surface area contributed by atoms with E-state index in [4.69, 9.17) is 0 Å². The van der Waals surface area contributed by atoms with Crippen molar-refractivity contribution in [3.63, 3.8) is 0 Å². The zero-order valence-corrected chi connectivity index (χ0v) is 25.3. The van der Waals surface area contributed by atoms with Gasteiger partial charge in [-0.25, -0.2) is 12.1 Å². The van der Waals surface area contributed by atoms with Gasteiger partial charge in [-0.1, -0.05) is 0 Å². The van der Waals surface area contributed by atoms with Crippen LogP contribution in [-0.2, 0) is 27.1 Å². The zero-order valence-electron chi connectivity index (χ0n) is 21.6. The number of hydrogen-bond acceptors (Lipinski definition) is 3.